The summed E-state index contributed by atoms with van der Waals surface area (Å²) in [7, 11) is -3.36. The van der Waals surface area contributed by atoms with Crippen LogP contribution >= 0.6 is 0 Å². The van der Waals surface area contributed by atoms with E-state index >= 15 is 0 Å². The molecule has 3 rings (SSSR count). The molecule has 29 heavy (non-hydrogen) atoms. The molecule has 1 fully saturated rings. The third kappa shape index (κ3) is 5.03. The molecule has 154 valence electrons. The van der Waals surface area contributed by atoms with Crippen LogP contribution in [0.2, 0.25) is 0 Å². The van der Waals surface area contributed by atoms with Crippen LogP contribution in [0.3, 0.4) is 0 Å². The highest BCUT2D eigenvalue weighted by atomic mass is 32.2. The minimum atomic E-state index is -3.36. The number of hydrogen-bond acceptors (Lipinski definition) is 4. The molecule has 6 nitrogen and oxygen atoms in total. The quantitative estimate of drug-likeness (QED) is 0.833. The van der Waals surface area contributed by atoms with Gasteiger partial charge in [0.15, 0.2) is 9.84 Å². The van der Waals surface area contributed by atoms with Gasteiger partial charge in [-0.25, -0.2) is 8.42 Å². The van der Waals surface area contributed by atoms with Gasteiger partial charge in [0.25, 0.3) is 5.91 Å². The molecule has 0 aromatic heterocycles. The minimum absolute atomic E-state index is 0.0715. The maximum absolute atomic E-state index is 12.8. The molecule has 2 aromatic rings. The fraction of sp³-hybridized carbons (Fsp3) is 0.364. The van der Waals surface area contributed by atoms with E-state index in [0.29, 0.717) is 30.8 Å². The molecular weight excluding hydrogens is 388 g/mol. The fourth-order valence-corrected chi connectivity index (χ4v) is 4.10. The Balaban J connectivity index is 1.72. The standard InChI is InChI=1S/C22H26N2O4S/c1-15-6-9-17(10-7-15)22(26)24-12-4-5-18(14-24)21(25)23-20-13-19(29(3,27)28)11-8-16(20)2/h6-11,13,18H,4-5,12,14H2,1-3H3,(H,23,25). The van der Waals surface area contributed by atoms with Crippen molar-refractivity contribution in [2.75, 3.05) is 24.7 Å². The van der Waals surface area contributed by atoms with Gasteiger partial charge in [0.05, 0.1) is 10.8 Å². The van der Waals surface area contributed by atoms with Crippen molar-refractivity contribution in [3.63, 3.8) is 0 Å². The van der Waals surface area contributed by atoms with Gasteiger partial charge >= 0.3 is 0 Å². The second-order valence-corrected chi connectivity index (χ2v) is 9.71. The smallest absolute Gasteiger partial charge is 0.253 e. The Bertz CT molecular complexity index is 1030. The summed E-state index contributed by atoms with van der Waals surface area (Å²) in [5.41, 5.74) is 2.98. The van der Waals surface area contributed by atoms with E-state index < -0.39 is 9.84 Å². The van der Waals surface area contributed by atoms with Crippen molar-refractivity contribution in [2.45, 2.75) is 31.6 Å². The second-order valence-electron chi connectivity index (χ2n) is 7.69. The van der Waals surface area contributed by atoms with Crippen LogP contribution in [0.25, 0.3) is 0 Å². The number of sulfone groups is 1. The first kappa shape index (κ1) is 21.0. The van der Waals surface area contributed by atoms with E-state index in [4.69, 9.17) is 0 Å². The lowest BCUT2D eigenvalue weighted by atomic mass is 9.96. The van der Waals surface area contributed by atoms with Crippen molar-refractivity contribution in [1.82, 2.24) is 4.90 Å². The van der Waals surface area contributed by atoms with Crippen molar-refractivity contribution in [1.29, 1.82) is 0 Å². The van der Waals surface area contributed by atoms with Gasteiger partial charge in [-0.1, -0.05) is 23.8 Å². The first-order valence-electron chi connectivity index (χ1n) is 9.62. The summed E-state index contributed by atoms with van der Waals surface area (Å²) in [5.74, 6) is -0.600. The van der Waals surface area contributed by atoms with Gasteiger partial charge in [-0.15, -0.1) is 0 Å². The molecule has 7 heteroatoms. The van der Waals surface area contributed by atoms with E-state index in [9.17, 15) is 18.0 Å². The van der Waals surface area contributed by atoms with E-state index in [1.165, 1.54) is 12.1 Å². The summed E-state index contributed by atoms with van der Waals surface area (Å²) in [6, 6.07) is 12.1. The molecule has 0 aliphatic carbocycles. The van der Waals surface area contributed by atoms with Crippen LogP contribution in [0.1, 0.15) is 34.3 Å². The number of hydrogen-bond donors (Lipinski definition) is 1. The molecule has 1 unspecified atom stereocenters. The van der Waals surface area contributed by atoms with Crippen molar-refractivity contribution < 1.29 is 18.0 Å². The van der Waals surface area contributed by atoms with Gasteiger partial charge < -0.3 is 10.2 Å². The number of carbonyl (C=O) groups excluding carboxylic acids is 2. The zero-order valence-corrected chi connectivity index (χ0v) is 17.8. The van der Waals surface area contributed by atoms with Crippen LogP contribution < -0.4 is 5.32 Å². The lowest BCUT2D eigenvalue weighted by molar-refractivity contribution is -0.121. The van der Waals surface area contributed by atoms with E-state index in [0.717, 1.165) is 23.8 Å². The average molecular weight is 415 g/mol. The summed E-state index contributed by atoms with van der Waals surface area (Å²) in [4.78, 5) is 27.5. The lowest BCUT2D eigenvalue weighted by Crippen LogP contribution is -2.43. The fourth-order valence-electron chi connectivity index (χ4n) is 3.46. The first-order chi connectivity index (χ1) is 13.6. The van der Waals surface area contributed by atoms with Crippen LogP contribution in [0.5, 0.6) is 0 Å². The molecule has 2 aromatic carbocycles. The number of anilines is 1. The summed E-state index contributed by atoms with van der Waals surface area (Å²) in [6.07, 6.45) is 2.57. The zero-order valence-electron chi connectivity index (χ0n) is 16.9. The summed E-state index contributed by atoms with van der Waals surface area (Å²) >= 11 is 0. The summed E-state index contributed by atoms with van der Waals surface area (Å²) in [5, 5.41) is 2.86. The van der Waals surface area contributed by atoms with Gasteiger partial charge in [0.1, 0.15) is 0 Å². The second kappa shape index (κ2) is 8.37. The highest BCUT2D eigenvalue weighted by Crippen LogP contribution is 2.24. The van der Waals surface area contributed by atoms with Crippen LogP contribution in [0.4, 0.5) is 5.69 Å². The Labute approximate surface area is 171 Å². The van der Waals surface area contributed by atoms with E-state index in [2.05, 4.69) is 5.32 Å². The van der Waals surface area contributed by atoms with E-state index in [1.807, 2.05) is 26.0 Å². The van der Waals surface area contributed by atoms with E-state index in [-0.39, 0.29) is 22.6 Å². The van der Waals surface area contributed by atoms with Gasteiger partial charge in [-0.2, -0.15) is 0 Å². The number of nitrogens with one attached hydrogen (secondary N) is 1. The SMILES string of the molecule is Cc1ccc(C(=O)N2CCCC(C(=O)Nc3cc(S(C)(=O)=O)ccc3C)C2)cc1. The number of likely N-dealkylation sites (tertiary alicyclic amines) is 1. The maximum atomic E-state index is 12.8. The Hall–Kier alpha value is -2.67. The largest absolute Gasteiger partial charge is 0.338 e. The molecule has 0 spiro atoms. The lowest BCUT2D eigenvalue weighted by Gasteiger charge is -2.32. The normalized spacial score (nSPS) is 17.1. The monoisotopic (exact) mass is 414 g/mol. The Kier molecular flexibility index (Phi) is 6.07. The first-order valence-corrected chi connectivity index (χ1v) is 11.5. The topological polar surface area (TPSA) is 83.6 Å². The third-order valence-corrected chi connectivity index (χ3v) is 6.38. The van der Waals surface area contributed by atoms with Gasteiger partial charge in [0.2, 0.25) is 5.91 Å². The number of nitrogens with zero attached hydrogens (tertiary/aromatic N) is 1. The Morgan fingerprint density at radius 2 is 1.76 bits per heavy atom. The minimum Gasteiger partial charge on any atom is -0.338 e. The van der Waals surface area contributed by atoms with Crippen LogP contribution in [-0.4, -0.2) is 44.5 Å². The van der Waals surface area contributed by atoms with Gasteiger partial charge in [-0.3, -0.25) is 9.59 Å². The summed E-state index contributed by atoms with van der Waals surface area (Å²) in [6.45, 7) is 4.76. The molecule has 0 radical (unpaired) electrons. The highest BCUT2D eigenvalue weighted by Gasteiger charge is 2.29. The van der Waals surface area contributed by atoms with Gasteiger partial charge in [-0.05, 0) is 56.5 Å². The van der Waals surface area contributed by atoms with Crippen molar-refractivity contribution in [3.8, 4) is 0 Å². The number of carbonyl (C=O) groups is 2. The van der Waals surface area contributed by atoms with Crippen molar-refractivity contribution >= 4 is 27.3 Å². The highest BCUT2D eigenvalue weighted by molar-refractivity contribution is 7.90. The molecule has 2 amide bonds. The zero-order chi connectivity index (χ0) is 21.2. The molecule has 1 aliphatic rings. The Morgan fingerprint density at radius 1 is 1.07 bits per heavy atom. The summed E-state index contributed by atoms with van der Waals surface area (Å²) < 4.78 is 23.6. The van der Waals surface area contributed by atoms with Gasteiger partial charge in [0, 0.05) is 30.6 Å². The third-order valence-electron chi connectivity index (χ3n) is 5.27. The number of piperidine rings is 1. The number of rotatable bonds is 4. The molecule has 1 heterocycles. The number of aryl methyl sites for hydroxylation is 2. The molecule has 0 saturated carbocycles. The molecule has 1 N–H and O–H groups in total. The van der Waals surface area contributed by atoms with Crippen LogP contribution in [0, 0.1) is 19.8 Å². The molecule has 1 atom stereocenters. The molecule has 1 aliphatic heterocycles. The van der Waals surface area contributed by atoms with Crippen LogP contribution in [-0.2, 0) is 14.6 Å². The predicted octanol–water partition coefficient (Wildman–Crippen LogP) is 3.20. The predicted molar refractivity (Wildman–Crippen MR) is 113 cm³/mol. The van der Waals surface area contributed by atoms with E-state index in [1.54, 1.807) is 23.1 Å². The van der Waals surface area contributed by atoms with Crippen molar-refractivity contribution in [2.24, 2.45) is 5.92 Å². The molecule has 1 saturated heterocycles. The molecular formula is C22H26N2O4S. The Morgan fingerprint density at radius 3 is 2.41 bits per heavy atom. The van der Waals surface area contributed by atoms with Crippen molar-refractivity contribution in [3.05, 3.63) is 59.2 Å². The number of benzene rings is 2. The number of amides is 2. The average Bonchev–Trinajstić information content (AvgIpc) is 2.69. The molecule has 0 bridgehead atoms. The maximum Gasteiger partial charge on any atom is 0.253 e. The van der Waals surface area contributed by atoms with Crippen LogP contribution in [0.15, 0.2) is 47.4 Å².